The molecule has 0 bridgehead atoms. The number of ketones is 1. The standard InChI is InChI=1S/C19H15NO5S/c1-11-3-4-12(2)15(7-11)16(21)10-25-19(22)18-9-13-8-14(20(23)24)5-6-17(13)26-18/h3-9H,10H2,1-2H3. The fourth-order valence-corrected chi connectivity index (χ4v) is 3.50. The molecule has 0 aliphatic carbocycles. The molecule has 0 aliphatic heterocycles. The number of hydrogen-bond acceptors (Lipinski definition) is 6. The Kier molecular flexibility index (Phi) is 4.81. The summed E-state index contributed by atoms with van der Waals surface area (Å²) in [4.78, 5) is 35.2. The van der Waals surface area contributed by atoms with Gasteiger partial charge in [-0.3, -0.25) is 14.9 Å². The van der Waals surface area contributed by atoms with Crippen LogP contribution in [0.3, 0.4) is 0 Å². The molecule has 3 aromatic rings. The summed E-state index contributed by atoms with van der Waals surface area (Å²) in [6.07, 6.45) is 0. The van der Waals surface area contributed by atoms with E-state index in [1.54, 1.807) is 12.1 Å². The van der Waals surface area contributed by atoms with E-state index in [0.29, 0.717) is 15.8 Å². The molecule has 0 amide bonds. The summed E-state index contributed by atoms with van der Waals surface area (Å²) in [5.41, 5.74) is 2.27. The first-order valence-electron chi connectivity index (χ1n) is 7.81. The molecule has 1 heterocycles. The smallest absolute Gasteiger partial charge is 0.348 e. The number of Topliss-reactive ketones (excluding diaryl/α,β-unsaturated/α-hetero) is 1. The Morgan fingerprint density at radius 1 is 1.12 bits per heavy atom. The number of non-ortho nitro benzene ring substituents is 1. The van der Waals surface area contributed by atoms with Crippen LogP contribution in [0.15, 0.2) is 42.5 Å². The number of carbonyl (C=O) groups is 2. The third-order valence-corrected chi connectivity index (χ3v) is 5.04. The lowest BCUT2D eigenvalue weighted by atomic mass is 10.0. The fraction of sp³-hybridized carbons (Fsp3) is 0.158. The Balaban J connectivity index is 1.73. The van der Waals surface area contributed by atoms with Gasteiger partial charge in [-0.1, -0.05) is 17.7 Å². The molecule has 0 saturated carbocycles. The molecule has 3 rings (SSSR count). The van der Waals surface area contributed by atoms with E-state index in [-0.39, 0.29) is 18.1 Å². The van der Waals surface area contributed by atoms with Gasteiger partial charge >= 0.3 is 5.97 Å². The van der Waals surface area contributed by atoms with Crippen LogP contribution in [0.1, 0.15) is 31.2 Å². The van der Waals surface area contributed by atoms with Crippen LogP contribution < -0.4 is 0 Å². The normalized spacial score (nSPS) is 10.7. The second kappa shape index (κ2) is 7.05. The largest absolute Gasteiger partial charge is 0.453 e. The van der Waals surface area contributed by atoms with E-state index in [2.05, 4.69) is 0 Å². The first kappa shape index (κ1) is 17.8. The van der Waals surface area contributed by atoms with E-state index in [4.69, 9.17) is 4.74 Å². The van der Waals surface area contributed by atoms with Crippen molar-refractivity contribution in [1.82, 2.24) is 0 Å². The Labute approximate surface area is 153 Å². The number of rotatable bonds is 5. The molecule has 6 nitrogen and oxygen atoms in total. The third-order valence-electron chi connectivity index (χ3n) is 3.94. The number of carbonyl (C=O) groups excluding carboxylic acids is 2. The molecule has 0 aliphatic rings. The van der Waals surface area contributed by atoms with Crippen LogP contribution in [0.25, 0.3) is 10.1 Å². The van der Waals surface area contributed by atoms with E-state index in [0.717, 1.165) is 15.8 Å². The number of nitro groups is 1. The van der Waals surface area contributed by atoms with Gasteiger partial charge in [-0.25, -0.2) is 4.79 Å². The van der Waals surface area contributed by atoms with Gasteiger partial charge in [0.2, 0.25) is 5.78 Å². The zero-order valence-electron chi connectivity index (χ0n) is 14.1. The predicted molar refractivity (Wildman–Crippen MR) is 99.0 cm³/mol. The molecule has 0 unspecified atom stereocenters. The molecular formula is C19H15NO5S. The molecule has 0 spiro atoms. The first-order valence-corrected chi connectivity index (χ1v) is 8.62. The van der Waals surface area contributed by atoms with Gasteiger partial charge in [-0.15, -0.1) is 11.3 Å². The van der Waals surface area contributed by atoms with Crippen LogP contribution in [0.5, 0.6) is 0 Å². The average molecular weight is 369 g/mol. The summed E-state index contributed by atoms with van der Waals surface area (Å²) in [6.45, 7) is 3.36. The number of ether oxygens (including phenoxy) is 1. The molecule has 1 aromatic heterocycles. The molecule has 0 atom stereocenters. The molecule has 26 heavy (non-hydrogen) atoms. The van der Waals surface area contributed by atoms with Gasteiger partial charge in [-0.2, -0.15) is 0 Å². The number of nitrogens with zero attached hydrogens (tertiary/aromatic N) is 1. The second-order valence-electron chi connectivity index (χ2n) is 5.91. The molecule has 0 fully saturated rings. The summed E-state index contributed by atoms with van der Waals surface area (Å²) in [5.74, 6) is -0.885. The lowest BCUT2D eigenvalue weighted by Gasteiger charge is -2.06. The van der Waals surface area contributed by atoms with Gasteiger partial charge < -0.3 is 4.74 Å². The van der Waals surface area contributed by atoms with Crippen LogP contribution in [-0.2, 0) is 4.74 Å². The Morgan fingerprint density at radius 3 is 2.62 bits per heavy atom. The van der Waals surface area contributed by atoms with E-state index in [9.17, 15) is 19.7 Å². The summed E-state index contributed by atoms with van der Waals surface area (Å²) < 4.78 is 5.87. The van der Waals surface area contributed by atoms with Crippen molar-refractivity contribution in [3.63, 3.8) is 0 Å². The summed E-state index contributed by atoms with van der Waals surface area (Å²) in [6, 6.07) is 11.5. The maximum absolute atomic E-state index is 12.3. The molecule has 2 aromatic carbocycles. The minimum atomic E-state index is -0.618. The van der Waals surface area contributed by atoms with Gasteiger partial charge in [0.05, 0.1) is 4.92 Å². The van der Waals surface area contributed by atoms with Gasteiger partial charge in [0.15, 0.2) is 6.61 Å². The van der Waals surface area contributed by atoms with Gasteiger partial charge in [-0.05, 0) is 37.6 Å². The molecule has 0 saturated heterocycles. The van der Waals surface area contributed by atoms with Crippen molar-refractivity contribution in [2.24, 2.45) is 0 Å². The van der Waals surface area contributed by atoms with E-state index < -0.39 is 10.9 Å². The topological polar surface area (TPSA) is 86.5 Å². The van der Waals surface area contributed by atoms with Gasteiger partial charge in [0, 0.05) is 27.8 Å². The number of benzene rings is 2. The van der Waals surface area contributed by atoms with Crippen molar-refractivity contribution in [3.05, 3.63) is 74.1 Å². The number of nitro benzene ring substituents is 1. The van der Waals surface area contributed by atoms with Crippen LogP contribution in [0, 0.1) is 24.0 Å². The van der Waals surface area contributed by atoms with Crippen LogP contribution in [0.2, 0.25) is 0 Å². The highest BCUT2D eigenvalue weighted by atomic mass is 32.1. The van der Waals surface area contributed by atoms with E-state index in [1.807, 2.05) is 26.0 Å². The monoisotopic (exact) mass is 369 g/mol. The van der Waals surface area contributed by atoms with Crippen molar-refractivity contribution in [2.75, 3.05) is 6.61 Å². The van der Waals surface area contributed by atoms with Crippen molar-refractivity contribution in [2.45, 2.75) is 13.8 Å². The fourth-order valence-electron chi connectivity index (χ4n) is 2.56. The zero-order chi connectivity index (χ0) is 18.8. The summed E-state index contributed by atoms with van der Waals surface area (Å²) in [7, 11) is 0. The average Bonchev–Trinajstić information content (AvgIpc) is 3.04. The maximum Gasteiger partial charge on any atom is 0.348 e. The Morgan fingerprint density at radius 2 is 1.88 bits per heavy atom. The zero-order valence-corrected chi connectivity index (χ0v) is 15.0. The quantitative estimate of drug-likeness (QED) is 0.287. The number of hydrogen-bond donors (Lipinski definition) is 0. The summed E-state index contributed by atoms with van der Waals surface area (Å²) in [5, 5.41) is 11.4. The highest BCUT2D eigenvalue weighted by molar-refractivity contribution is 7.20. The molecule has 0 radical (unpaired) electrons. The lowest BCUT2D eigenvalue weighted by molar-refractivity contribution is -0.384. The molecular weight excluding hydrogens is 354 g/mol. The molecule has 0 N–H and O–H groups in total. The molecule has 132 valence electrons. The van der Waals surface area contributed by atoms with Gasteiger partial charge in [0.1, 0.15) is 4.88 Å². The Bertz CT molecular complexity index is 1040. The number of thiophene rings is 1. The third kappa shape index (κ3) is 3.62. The summed E-state index contributed by atoms with van der Waals surface area (Å²) >= 11 is 1.17. The highest BCUT2D eigenvalue weighted by Gasteiger charge is 2.17. The first-order chi connectivity index (χ1) is 12.3. The van der Waals surface area contributed by atoms with E-state index >= 15 is 0 Å². The van der Waals surface area contributed by atoms with Crippen molar-refractivity contribution in [1.29, 1.82) is 0 Å². The van der Waals surface area contributed by atoms with E-state index in [1.165, 1.54) is 29.5 Å². The number of esters is 1. The SMILES string of the molecule is Cc1ccc(C)c(C(=O)COC(=O)c2cc3cc([N+](=O)[O-])ccc3s2)c1. The maximum atomic E-state index is 12.3. The number of fused-ring (bicyclic) bond motifs is 1. The van der Waals surface area contributed by atoms with Gasteiger partial charge in [0.25, 0.3) is 5.69 Å². The van der Waals surface area contributed by atoms with Crippen molar-refractivity contribution >= 4 is 38.9 Å². The second-order valence-corrected chi connectivity index (χ2v) is 6.99. The molecule has 7 heteroatoms. The van der Waals surface area contributed by atoms with Crippen LogP contribution in [-0.4, -0.2) is 23.3 Å². The van der Waals surface area contributed by atoms with Crippen molar-refractivity contribution in [3.8, 4) is 0 Å². The predicted octanol–water partition coefficient (Wildman–Crippen LogP) is 4.47. The van der Waals surface area contributed by atoms with Crippen LogP contribution in [0.4, 0.5) is 5.69 Å². The highest BCUT2D eigenvalue weighted by Crippen LogP contribution is 2.29. The minimum absolute atomic E-state index is 0.0414. The van der Waals surface area contributed by atoms with Crippen LogP contribution >= 0.6 is 11.3 Å². The van der Waals surface area contributed by atoms with Crippen molar-refractivity contribution < 1.29 is 19.2 Å². The minimum Gasteiger partial charge on any atom is -0.453 e. The number of aryl methyl sites for hydroxylation is 2. The Hall–Kier alpha value is -3.06. The lowest BCUT2D eigenvalue weighted by Crippen LogP contribution is -2.14.